The molecule has 0 saturated carbocycles. The first-order valence-electron chi connectivity index (χ1n) is 4.73. The van der Waals surface area contributed by atoms with Crippen molar-refractivity contribution in [3.05, 3.63) is 23.5 Å². The van der Waals surface area contributed by atoms with E-state index in [1.807, 2.05) is 0 Å². The fraction of sp³-hybridized carbons (Fsp3) is 0.444. The van der Waals surface area contributed by atoms with Crippen LogP contribution in [0.25, 0.3) is 0 Å². The lowest BCUT2D eigenvalue weighted by Gasteiger charge is -2.25. The van der Waals surface area contributed by atoms with Crippen molar-refractivity contribution in [3.63, 3.8) is 0 Å². The number of halogens is 3. The SMILES string of the molecule is N=NN1CCCc2ncc(C(F)(F)F)cc21. The third-order valence-corrected chi connectivity index (χ3v) is 2.46. The van der Waals surface area contributed by atoms with E-state index in [4.69, 9.17) is 5.53 Å². The number of pyridine rings is 1. The van der Waals surface area contributed by atoms with E-state index in [0.717, 1.165) is 18.7 Å². The average molecular weight is 230 g/mol. The first-order valence-corrected chi connectivity index (χ1v) is 4.73. The van der Waals surface area contributed by atoms with E-state index in [9.17, 15) is 13.2 Å². The van der Waals surface area contributed by atoms with Gasteiger partial charge in [0, 0.05) is 12.7 Å². The minimum Gasteiger partial charge on any atom is -0.258 e. The second kappa shape index (κ2) is 3.73. The van der Waals surface area contributed by atoms with Crippen LogP contribution in [0.5, 0.6) is 0 Å². The summed E-state index contributed by atoms with van der Waals surface area (Å²) in [7, 11) is 0. The number of rotatable bonds is 1. The van der Waals surface area contributed by atoms with Gasteiger partial charge in [-0.2, -0.15) is 18.7 Å². The van der Waals surface area contributed by atoms with Crippen LogP contribution in [0.15, 0.2) is 17.5 Å². The molecule has 4 nitrogen and oxygen atoms in total. The Labute approximate surface area is 89.6 Å². The van der Waals surface area contributed by atoms with Crippen molar-refractivity contribution in [2.24, 2.45) is 5.22 Å². The fourth-order valence-corrected chi connectivity index (χ4v) is 1.67. The number of anilines is 1. The van der Waals surface area contributed by atoms with E-state index in [0.29, 0.717) is 18.7 Å². The van der Waals surface area contributed by atoms with Gasteiger partial charge in [0.05, 0.1) is 16.9 Å². The first kappa shape index (κ1) is 10.8. The smallest absolute Gasteiger partial charge is 0.258 e. The summed E-state index contributed by atoms with van der Waals surface area (Å²) in [6, 6.07) is 1.000. The Kier molecular flexibility index (Phi) is 2.53. The van der Waals surface area contributed by atoms with Crippen molar-refractivity contribution in [2.45, 2.75) is 19.0 Å². The minimum absolute atomic E-state index is 0.288. The highest BCUT2D eigenvalue weighted by molar-refractivity contribution is 5.53. The fourth-order valence-electron chi connectivity index (χ4n) is 1.67. The highest BCUT2D eigenvalue weighted by Gasteiger charge is 2.33. The topological polar surface area (TPSA) is 52.3 Å². The minimum atomic E-state index is -4.41. The largest absolute Gasteiger partial charge is 0.417 e. The van der Waals surface area contributed by atoms with Crippen LogP contribution in [-0.4, -0.2) is 11.5 Å². The lowest BCUT2D eigenvalue weighted by molar-refractivity contribution is -0.137. The molecule has 0 amide bonds. The zero-order valence-corrected chi connectivity index (χ0v) is 8.25. The van der Waals surface area contributed by atoms with Gasteiger partial charge in [0.25, 0.3) is 0 Å². The zero-order valence-electron chi connectivity index (χ0n) is 8.25. The van der Waals surface area contributed by atoms with Crippen molar-refractivity contribution in [1.29, 1.82) is 5.53 Å². The van der Waals surface area contributed by atoms with Crippen molar-refractivity contribution in [2.75, 3.05) is 11.6 Å². The normalized spacial score (nSPS) is 15.8. The quantitative estimate of drug-likeness (QED) is 0.754. The molecule has 0 fully saturated rings. The van der Waals surface area contributed by atoms with E-state index in [1.54, 1.807) is 0 Å². The molecule has 16 heavy (non-hydrogen) atoms. The summed E-state index contributed by atoms with van der Waals surface area (Å²) >= 11 is 0. The summed E-state index contributed by atoms with van der Waals surface area (Å²) in [6.45, 7) is 0.458. The molecular formula is C9H9F3N4. The number of aromatic nitrogens is 1. The number of nitrogens with zero attached hydrogens (tertiary/aromatic N) is 3. The summed E-state index contributed by atoms with van der Waals surface area (Å²) in [5.74, 6) is 0. The van der Waals surface area contributed by atoms with Crippen LogP contribution in [0, 0.1) is 5.53 Å². The van der Waals surface area contributed by atoms with Crippen molar-refractivity contribution in [1.82, 2.24) is 4.98 Å². The standard InChI is InChI=1S/C9H9F3N4/c10-9(11,12)6-4-8-7(14-5-6)2-1-3-16(8)15-13/h4-5,13H,1-3H2. The van der Waals surface area contributed by atoms with Gasteiger partial charge in [-0.15, -0.1) is 0 Å². The molecule has 1 aromatic heterocycles. The first-order chi connectivity index (χ1) is 7.52. The summed E-state index contributed by atoms with van der Waals surface area (Å²) in [5, 5.41) is 4.43. The van der Waals surface area contributed by atoms with Crippen molar-refractivity contribution < 1.29 is 13.2 Å². The monoisotopic (exact) mass is 230 g/mol. The number of nitrogens with one attached hydrogen (secondary N) is 1. The van der Waals surface area contributed by atoms with Crippen molar-refractivity contribution in [3.8, 4) is 0 Å². The highest BCUT2D eigenvalue weighted by Crippen LogP contribution is 2.34. The Morgan fingerprint density at radius 3 is 2.81 bits per heavy atom. The second-order valence-corrected chi connectivity index (χ2v) is 3.51. The van der Waals surface area contributed by atoms with Crippen molar-refractivity contribution >= 4 is 5.69 Å². The molecule has 1 N–H and O–H groups in total. The lowest BCUT2D eigenvalue weighted by atomic mass is 10.1. The molecule has 1 aliphatic rings. The average Bonchev–Trinajstić information content (AvgIpc) is 2.26. The molecule has 0 atom stereocenters. The van der Waals surface area contributed by atoms with E-state index < -0.39 is 11.7 Å². The maximum Gasteiger partial charge on any atom is 0.417 e. The Balaban J connectivity index is 2.46. The molecule has 2 rings (SSSR count). The summed E-state index contributed by atoms with van der Waals surface area (Å²) in [5.41, 5.74) is 6.95. The molecule has 0 unspecified atom stereocenters. The van der Waals surface area contributed by atoms with Gasteiger partial charge in [0.1, 0.15) is 0 Å². The molecule has 0 aliphatic carbocycles. The molecule has 86 valence electrons. The molecule has 0 saturated heterocycles. The van der Waals surface area contributed by atoms with E-state index >= 15 is 0 Å². The van der Waals surface area contributed by atoms with Gasteiger partial charge >= 0.3 is 6.18 Å². The Morgan fingerprint density at radius 2 is 2.19 bits per heavy atom. The summed E-state index contributed by atoms with van der Waals surface area (Å²) in [4.78, 5) is 3.78. The molecule has 0 aromatic carbocycles. The van der Waals surface area contributed by atoms with Crippen LogP contribution in [-0.2, 0) is 12.6 Å². The maximum atomic E-state index is 12.5. The van der Waals surface area contributed by atoms with Gasteiger partial charge in [0.2, 0.25) is 0 Å². The molecule has 2 heterocycles. The molecule has 0 spiro atoms. The van der Waals surface area contributed by atoms with Crippen LogP contribution in [0.3, 0.4) is 0 Å². The predicted octanol–water partition coefficient (Wildman–Crippen LogP) is 2.80. The van der Waals surface area contributed by atoms with Crippen LogP contribution in [0.1, 0.15) is 17.7 Å². The van der Waals surface area contributed by atoms with Gasteiger partial charge < -0.3 is 0 Å². The molecule has 7 heteroatoms. The third-order valence-electron chi connectivity index (χ3n) is 2.46. The van der Waals surface area contributed by atoms with Crippen LogP contribution in [0.4, 0.5) is 18.9 Å². The van der Waals surface area contributed by atoms with E-state index in [-0.39, 0.29) is 5.69 Å². The number of hydrogen-bond donors (Lipinski definition) is 1. The highest BCUT2D eigenvalue weighted by atomic mass is 19.4. The second-order valence-electron chi connectivity index (χ2n) is 3.51. The Hall–Kier alpha value is -1.66. The number of fused-ring (bicyclic) bond motifs is 1. The zero-order chi connectivity index (χ0) is 11.8. The molecular weight excluding hydrogens is 221 g/mol. The number of aryl methyl sites for hydroxylation is 1. The molecule has 1 aliphatic heterocycles. The van der Waals surface area contributed by atoms with Crippen LogP contribution in [0.2, 0.25) is 0 Å². The maximum absolute atomic E-state index is 12.5. The summed E-state index contributed by atoms with van der Waals surface area (Å²) < 4.78 is 37.4. The molecule has 1 aromatic rings. The molecule has 0 radical (unpaired) electrons. The van der Waals surface area contributed by atoms with Gasteiger partial charge in [-0.25, -0.2) is 5.01 Å². The van der Waals surface area contributed by atoms with Crippen LogP contribution < -0.4 is 5.01 Å². The Morgan fingerprint density at radius 1 is 1.44 bits per heavy atom. The van der Waals surface area contributed by atoms with Gasteiger partial charge in [-0.05, 0) is 18.9 Å². The lowest BCUT2D eigenvalue weighted by Crippen LogP contribution is -2.25. The van der Waals surface area contributed by atoms with Gasteiger partial charge in [-0.3, -0.25) is 4.98 Å². The third kappa shape index (κ3) is 1.84. The number of alkyl halides is 3. The summed E-state index contributed by atoms with van der Waals surface area (Å²) in [6.07, 6.45) is -2.22. The number of hydrogen-bond acceptors (Lipinski definition) is 3. The molecule has 0 bridgehead atoms. The van der Waals surface area contributed by atoms with Crippen LogP contribution >= 0.6 is 0 Å². The van der Waals surface area contributed by atoms with E-state index in [1.165, 1.54) is 5.01 Å². The Bertz CT molecular complexity index is 416. The van der Waals surface area contributed by atoms with Gasteiger partial charge in [0.15, 0.2) is 0 Å². The predicted molar refractivity (Wildman–Crippen MR) is 50.1 cm³/mol. The van der Waals surface area contributed by atoms with Gasteiger partial charge in [-0.1, -0.05) is 5.22 Å². The van der Waals surface area contributed by atoms with E-state index in [2.05, 4.69) is 10.2 Å².